The van der Waals surface area contributed by atoms with Crippen LogP contribution in [0, 0.1) is 12.7 Å². The Morgan fingerprint density at radius 3 is 2.42 bits per heavy atom. The van der Waals surface area contributed by atoms with E-state index in [1.165, 1.54) is 42.1 Å². The van der Waals surface area contributed by atoms with Gasteiger partial charge < -0.3 is 5.32 Å². The van der Waals surface area contributed by atoms with E-state index in [1.54, 1.807) is 37.3 Å². The summed E-state index contributed by atoms with van der Waals surface area (Å²) >= 11 is 7.57. The maximum absolute atomic E-state index is 13.9. The van der Waals surface area contributed by atoms with Crippen molar-refractivity contribution in [3.63, 3.8) is 0 Å². The summed E-state index contributed by atoms with van der Waals surface area (Å²) in [7, 11) is -4.13. The molecule has 3 aromatic carbocycles. The average molecular weight is 479 g/mol. The zero-order chi connectivity index (χ0) is 22.6. The molecule has 0 fully saturated rings. The number of hydrogen-bond acceptors (Lipinski definition) is 4. The van der Waals surface area contributed by atoms with Crippen molar-refractivity contribution in [1.29, 1.82) is 0 Å². The van der Waals surface area contributed by atoms with Crippen LogP contribution in [0.5, 0.6) is 0 Å². The third-order valence-electron chi connectivity index (χ3n) is 4.57. The molecular weight excluding hydrogens is 459 g/mol. The number of benzene rings is 3. The van der Waals surface area contributed by atoms with Crippen LogP contribution in [0.4, 0.5) is 15.8 Å². The van der Waals surface area contributed by atoms with Gasteiger partial charge in [0.1, 0.15) is 12.4 Å². The lowest BCUT2D eigenvalue weighted by Crippen LogP contribution is -2.38. The Hall–Kier alpha value is -2.55. The van der Waals surface area contributed by atoms with Crippen molar-refractivity contribution >= 4 is 50.7 Å². The number of nitrogens with zero attached hydrogens (tertiary/aromatic N) is 1. The second kappa shape index (κ2) is 9.72. The number of hydrogen-bond donors (Lipinski definition) is 1. The number of carbonyl (C=O) groups excluding carboxylic acids is 1. The van der Waals surface area contributed by atoms with Crippen LogP contribution in [0.15, 0.2) is 76.5 Å². The van der Waals surface area contributed by atoms with Crippen LogP contribution >= 0.6 is 23.4 Å². The summed E-state index contributed by atoms with van der Waals surface area (Å²) in [5.74, 6) is -1.19. The van der Waals surface area contributed by atoms with Crippen LogP contribution in [0.25, 0.3) is 0 Å². The van der Waals surface area contributed by atoms with Gasteiger partial charge in [-0.25, -0.2) is 12.8 Å². The van der Waals surface area contributed by atoms with Crippen LogP contribution in [0.1, 0.15) is 5.56 Å². The van der Waals surface area contributed by atoms with Gasteiger partial charge in [0.15, 0.2) is 0 Å². The first-order valence-electron chi connectivity index (χ1n) is 9.19. The zero-order valence-electron chi connectivity index (χ0n) is 16.8. The minimum absolute atomic E-state index is 0.00120. The van der Waals surface area contributed by atoms with Crippen molar-refractivity contribution in [3.8, 4) is 0 Å². The van der Waals surface area contributed by atoms with E-state index in [2.05, 4.69) is 5.32 Å². The molecule has 3 rings (SSSR count). The second-order valence-corrected chi connectivity index (χ2v) is 9.78. The van der Waals surface area contributed by atoms with Crippen molar-refractivity contribution in [2.75, 3.05) is 22.4 Å². The number of carbonyl (C=O) groups is 1. The smallest absolute Gasteiger partial charge is 0.264 e. The first-order chi connectivity index (χ1) is 14.7. The van der Waals surface area contributed by atoms with Crippen molar-refractivity contribution in [2.45, 2.75) is 16.7 Å². The maximum atomic E-state index is 13.9. The van der Waals surface area contributed by atoms with Crippen molar-refractivity contribution in [3.05, 3.63) is 83.1 Å². The highest BCUT2D eigenvalue weighted by Gasteiger charge is 2.27. The van der Waals surface area contributed by atoms with Gasteiger partial charge in [-0.3, -0.25) is 9.10 Å². The standard InChI is InChI=1S/C22H20ClFN2O3S2/c1-15-20(23)7-4-8-21(15)25-22(27)14-26(17-6-3-5-16(24)13-17)31(28,29)19-11-9-18(30-2)10-12-19/h3-13H,14H2,1-2H3,(H,25,27). The predicted octanol–water partition coefficient (Wildman–Crippen LogP) is 5.34. The van der Waals surface area contributed by atoms with Gasteiger partial charge in [0.2, 0.25) is 5.91 Å². The van der Waals surface area contributed by atoms with Gasteiger partial charge in [-0.2, -0.15) is 0 Å². The van der Waals surface area contributed by atoms with E-state index in [9.17, 15) is 17.6 Å². The maximum Gasteiger partial charge on any atom is 0.264 e. The van der Waals surface area contributed by atoms with Gasteiger partial charge in [0.25, 0.3) is 10.0 Å². The molecule has 0 atom stereocenters. The van der Waals surface area contributed by atoms with Crippen LogP contribution in [0.3, 0.4) is 0 Å². The third kappa shape index (κ3) is 5.39. The van der Waals surface area contributed by atoms with E-state index < -0.39 is 28.3 Å². The quantitative estimate of drug-likeness (QED) is 0.465. The Balaban J connectivity index is 1.96. The van der Waals surface area contributed by atoms with Crippen LogP contribution in [0.2, 0.25) is 5.02 Å². The normalized spacial score (nSPS) is 11.2. The lowest BCUT2D eigenvalue weighted by Gasteiger charge is -2.24. The molecule has 31 heavy (non-hydrogen) atoms. The molecule has 0 unspecified atom stereocenters. The predicted molar refractivity (Wildman–Crippen MR) is 124 cm³/mol. The first kappa shape index (κ1) is 23.1. The highest BCUT2D eigenvalue weighted by atomic mass is 35.5. The summed E-state index contributed by atoms with van der Waals surface area (Å²) in [6, 6.07) is 16.4. The minimum Gasteiger partial charge on any atom is -0.324 e. The Morgan fingerprint density at radius 2 is 1.77 bits per heavy atom. The molecule has 0 saturated heterocycles. The number of amides is 1. The van der Waals surface area contributed by atoms with E-state index in [-0.39, 0.29) is 10.6 Å². The Morgan fingerprint density at radius 1 is 1.10 bits per heavy atom. The Kier molecular flexibility index (Phi) is 7.25. The third-order valence-corrected chi connectivity index (χ3v) is 7.51. The van der Waals surface area contributed by atoms with Gasteiger partial charge in [0, 0.05) is 15.6 Å². The zero-order valence-corrected chi connectivity index (χ0v) is 19.2. The molecule has 5 nitrogen and oxygen atoms in total. The Bertz CT molecular complexity index is 1200. The lowest BCUT2D eigenvalue weighted by molar-refractivity contribution is -0.114. The summed E-state index contributed by atoms with van der Waals surface area (Å²) in [5.41, 5.74) is 1.18. The average Bonchev–Trinajstić information content (AvgIpc) is 2.75. The topological polar surface area (TPSA) is 66.5 Å². The summed E-state index contributed by atoms with van der Waals surface area (Å²) < 4.78 is 41.4. The summed E-state index contributed by atoms with van der Waals surface area (Å²) in [4.78, 5) is 13.7. The molecule has 0 saturated carbocycles. The number of halogens is 2. The monoisotopic (exact) mass is 478 g/mol. The van der Waals surface area contributed by atoms with Gasteiger partial charge in [-0.1, -0.05) is 23.7 Å². The van der Waals surface area contributed by atoms with E-state index in [0.717, 1.165) is 15.3 Å². The summed E-state index contributed by atoms with van der Waals surface area (Å²) in [6.45, 7) is 1.20. The minimum atomic E-state index is -4.13. The lowest BCUT2D eigenvalue weighted by atomic mass is 10.2. The molecule has 0 spiro atoms. The SMILES string of the molecule is CSc1ccc(S(=O)(=O)N(CC(=O)Nc2cccc(Cl)c2C)c2cccc(F)c2)cc1. The summed E-state index contributed by atoms with van der Waals surface area (Å²) in [6.07, 6.45) is 1.88. The molecule has 0 aliphatic heterocycles. The fourth-order valence-corrected chi connectivity index (χ4v) is 4.88. The highest BCUT2D eigenvalue weighted by molar-refractivity contribution is 7.98. The van der Waals surface area contributed by atoms with Crippen molar-refractivity contribution in [1.82, 2.24) is 0 Å². The summed E-state index contributed by atoms with van der Waals surface area (Å²) in [5, 5.41) is 3.15. The molecule has 0 aromatic heterocycles. The molecule has 0 aliphatic rings. The molecule has 0 aliphatic carbocycles. The molecule has 0 heterocycles. The number of anilines is 2. The molecule has 0 radical (unpaired) electrons. The van der Waals surface area contributed by atoms with Crippen LogP contribution < -0.4 is 9.62 Å². The van der Waals surface area contributed by atoms with Crippen LogP contribution in [-0.2, 0) is 14.8 Å². The number of rotatable bonds is 7. The van der Waals surface area contributed by atoms with Crippen molar-refractivity contribution in [2.24, 2.45) is 0 Å². The van der Waals surface area contributed by atoms with Gasteiger partial charge >= 0.3 is 0 Å². The largest absolute Gasteiger partial charge is 0.324 e. The molecule has 162 valence electrons. The van der Waals surface area contributed by atoms with E-state index in [0.29, 0.717) is 16.3 Å². The Labute approximate surface area is 190 Å². The van der Waals surface area contributed by atoms with Crippen molar-refractivity contribution < 1.29 is 17.6 Å². The first-order valence-corrected chi connectivity index (χ1v) is 12.2. The molecule has 3 aromatic rings. The van der Waals surface area contributed by atoms with E-state index >= 15 is 0 Å². The number of thioether (sulfide) groups is 1. The van der Waals surface area contributed by atoms with Gasteiger partial charge in [0.05, 0.1) is 10.6 Å². The molecular formula is C22H20ClFN2O3S2. The fourth-order valence-electron chi connectivity index (χ4n) is 2.88. The fraction of sp³-hybridized carbons (Fsp3) is 0.136. The second-order valence-electron chi connectivity index (χ2n) is 6.63. The molecule has 1 amide bonds. The van der Waals surface area contributed by atoms with Gasteiger partial charge in [-0.05, 0) is 73.3 Å². The highest BCUT2D eigenvalue weighted by Crippen LogP contribution is 2.27. The molecule has 1 N–H and O–H groups in total. The van der Waals surface area contributed by atoms with Gasteiger partial charge in [-0.15, -0.1) is 11.8 Å². The molecule has 0 bridgehead atoms. The molecule has 9 heteroatoms. The number of nitrogens with one attached hydrogen (secondary N) is 1. The van der Waals surface area contributed by atoms with E-state index in [4.69, 9.17) is 11.6 Å². The van der Waals surface area contributed by atoms with E-state index in [1.807, 2.05) is 6.26 Å². The van der Waals surface area contributed by atoms with Crippen LogP contribution in [-0.4, -0.2) is 27.1 Å². The number of sulfonamides is 1.